The number of ether oxygens (including phenoxy) is 3. The number of benzene rings is 3. The smallest absolute Gasteiger partial charge is 0.410 e. The Labute approximate surface area is 240 Å². The van der Waals surface area contributed by atoms with Crippen LogP contribution in [0.5, 0.6) is 0 Å². The van der Waals surface area contributed by atoms with E-state index in [1.807, 2.05) is 77.7 Å². The van der Waals surface area contributed by atoms with Gasteiger partial charge in [-0.1, -0.05) is 85.8 Å². The van der Waals surface area contributed by atoms with Crippen molar-refractivity contribution >= 4 is 23.0 Å². The number of H-pyrrole nitrogens is 1. The van der Waals surface area contributed by atoms with Crippen LogP contribution in [-0.2, 0) is 38.6 Å². The van der Waals surface area contributed by atoms with Crippen molar-refractivity contribution in [2.45, 2.75) is 58.2 Å². The Hall–Kier alpha value is -4.10. The van der Waals surface area contributed by atoms with E-state index in [0.29, 0.717) is 26.0 Å². The number of fused-ring (bicyclic) bond motifs is 3. The SMILES string of the molecule is CC[C@H]1[C@H](C[C@H]2c3[nH]c4ccccc4c3CCN2C(=O)OCc2ccccc2)CC(=O)O[C@@H]1OCc1ccccc1. The van der Waals surface area contributed by atoms with Crippen LogP contribution in [0.25, 0.3) is 10.9 Å². The first-order chi connectivity index (χ1) is 20.1. The molecule has 3 heterocycles. The van der Waals surface area contributed by atoms with E-state index in [-0.39, 0.29) is 36.5 Å². The van der Waals surface area contributed by atoms with Crippen LogP contribution in [0.15, 0.2) is 84.9 Å². The summed E-state index contributed by atoms with van der Waals surface area (Å²) in [5.74, 6) is -0.272. The Balaban J connectivity index is 1.26. The molecular weight excluding hydrogens is 516 g/mol. The minimum absolute atomic E-state index is 0.00774. The Bertz CT molecular complexity index is 1490. The van der Waals surface area contributed by atoms with Crippen LogP contribution in [0.3, 0.4) is 0 Å². The fraction of sp³-hybridized carbons (Fsp3) is 0.353. The molecule has 0 spiro atoms. The lowest BCUT2D eigenvalue weighted by molar-refractivity contribution is -0.217. The first-order valence-corrected chi connectivity index (χ1v) is 14.5. The standard InChI is InChI=1S/C34H36N2O5/c1-2-26-25(20-31(37)41-33(26)39-21-23-11-5-3-6-12-23)19-30-32-28(27-15-9-10-16-29(27)35-32)17-18-36(30)34(38)40-22-24-13-7-4-8-14-24/h3-16,25-26,30,33,35H,2,17-22H2,1H3/t25-,26+,30+,33+/m1/s1. The van der Waals surface area contributed by atoms with Crippen LogP contribution >= 0.6 is 0 Å². The molecule has 2 aliphatic rings. The van der Waals surface area contributed by atoms with Gasteiger partial charge in [0.25, 0.3) is 0 Å². The van der Waals surface area contributed by atoms with E-state index in [1.54, 1.807) is 0 Å². The van der Waals surface area contributed by atoms with Gasteiger partial charge in [0.2, 0.25) is 6.29 Å². The molecule has 1 N–H and O–H groups in total. The van der Waals surface area contributed by atoms with E-state index < -0.39 is 6.29 Å². The Morgan fingerprint density at radius 1 is 0.951 bits per heavy atom. The van der Waals surface area contributed by atoms with Crippen molar-refractivity contribution in [1.82, 2.24) is 9.88 Å². The summed E-state index contributed by atoms with van der Waals surface area (Å²) < 4.78 is 17.7. The molecule has 212 valence electrons. The molecule has 3 aromatic carbocycles. The van der Waals surface area contributed by atoms with Crippen molar-refractivity contribution in [3.8, 4) is 0 Å². The lowest BCUT2D eigenvalue weighted by atomic mass is 9.78. The minimum Gasteiger partial charge on any atom is -0.445 e. The van der Waals surface area contributed by atoms with Crippen LogP contribution in [0.2, 0.25) is 0 Å². The maximum atomic E-state index is 13.6. The molecule has 2 aliphatic heterocycles. The molecule has 4 aromatic rings. The van der Waals surface area contributed by atoms with E-state index in [2.05, 4.69) is 24.0 Å². The number of esters is 1. The van der Waals surface area contributed by atoms with Gasteiger partial charge in [-0.25, -0.2) is 4.79 Å². The second-order valence-corrected chi connectivity index (χ2v) is 11.0. The summed E-state index contributed by atoms with van der Waals surface area (Å²) in [5, 5.41) is 1.18. The number of aromatic nitrogens is 1. The molecule has 0 saturated carbocycles. The molecule has 7 heteroatoms. The van der Waals surface area contributed by atoms with Crippen LogP contribution in [0.1, 0.15) is 54.6 Å². The first kappa shape index (κ1) is 27.1. The van der Waals surface area contributed by atoms with Gasteiger partial charge in [0, 0.05) is 35.5 Å². The van der Waals surface area contributed by atoms with Gasteiger partial charge in [-0.15, -0.1) is 0 Å². The summed E-state index contributed by atoms with van der Waals surface area (Å²) in [7, 11) is 0. The third-order valence-electron chi connectivity index (χ3n) is 8.48. The number of amides is 1. The molecule has 0 radical (unpaired) electrons. The van der Waals surface area contributed by atoms with Crippen molar-refractivity contribution in [3.63, 3.8) is 0 Å². The number of carbonyl (C=O) groups excluding carboxylic acids is 2. The van der Waals surface area contributed by atoms with Crippen LogP contribution in [-0.4, -0.2) is 34.8 Å². The van der Waals surface area contributed by atoms with Gasteiger partial charge in [0.05, 0.1) is 12.6 Å². The first-order valence-electron chi connectivity index (χ1n) is 14.5. The Morgan fingerprint density at radius 3 is 2.37 bits per heavy atom. The zero-order chi connectivity index (χ0) is 28.2. The predicted octanol–water partition coefficient (Wildman–Crippen LogP) is 6.93. The lowest BCUT2D eigenvalue weighted by Crippen LogP contribution is -2.45. The largest absolute Gasteiger partial charge is 0.445 e. The number of para-hydroxylation sites is 1. The molecule has 41 heavy (non-hydrogen) atoms. The van der Waals surface area contributed by atoms with Crippen LogP contribution in [0, 0.1) is 11.8 Å². The Morgan fingerprint density at radius 2 is 1.63 bits per heavy atom. The highest BCUT2D eigenvalue weighted by atomic mass is 16.7. The second kappa shape index (κ2) is 12.2. The zero-order valence-electron chi connectivity index (χ0n) is 23.3. The molecule has 0 unspecified atom stereocenters. The predicted molar refractivity (Wildman–Crippen MR) is 156 cm³/mol. The molecular formula is C34H36N2O5. The van der Waals surface area contributed by atoms with Gasteiger partial charge in [-0.05, 0) is 47.9 Å². The maximum Gasteiger partial charge on any atom is 0.410 e. The average Bonchev–Trinajstić information content (AvgIpc) is 3.39. The van der Waals surface area contributed by atoms with E-state index in [0.717, 1.165) is 35.2 Å². The highest BCUT2D eigenvalue weighted by molar-refractivity contribution is 5.85. The number of hydrogen-bond acceptors (Lipinski definition) is 5. The van der Waals surface area contributed by atoms with Gasteiger partial charge in [0.15, 0.2) is 0 Å². The summed E-state index contributed by atoms with van der Waals surface area (Å²) in [6.45, 7) is 3.24. The number of carbonyl (C=O) groups is 2. The van der Waals surface area contributed by atoms with Gasteiger partial charge >= 0.3 is 12.1 Å². The van der Waals surface area contributed by atoms with Gasteiger partial charge in [-0.2, -0.15) is 0 Å². The van der Waals surface area contributed by atoms with Crippen LogP contribution < -0.4 is 0 Å². The highest BCUT2D eigenvalue weighted by Crippen LogP contribution is 2.43. The molecule has 1 fully saturated rings. The average molecular weight is 553 g/mol. The molecule has 4 atom stereocenters. The molecule has 6 rings (SSSR count). The van der Waals surface area contributed by atoms with E-state index in [1.165, 1.54) is 10.9 Å². The summed E-state index contributed by atoms with van der Waals surface area (Å²) in [6.07, 6.45) is 1.47. The van der Waals surface area contributed by atoms with Crippen molar-refractivity contribution < 1.29 is 23.8 Å². The lowest BCUT2D eigenvalue weighted by Gasteiger charge is -2.41. The molecule has 1 saturated heterocycles. The van der Waals surface area contributed by atoms with E-state index in [9.17, 15) is 9.59 Å². The third kappa shape index (κ3) is 5.86. The van der Waals surface area contributed by atoms with Gasteiger partial charge in [-0.3, -0.25) is 9.69 Å². The highest BCUT2D eigenvalue weighted by Gasteiger charge is 2.43. The van der Waals surface area contributed by atoms with E-state index >= 15 is 0 Å². The molecule has 0 bridgehead atoms. The summed E-state index contributed by atoms with van der Waals surface area (Å²) in [5.41, 5.74) is 5.30. The topological polar surface area (TPSA) is 80.9 Å². The number of rotatable bonds is 8. The summed E-state index contributed by atoms with van der Waals surface area (Å²) in [4.78, 5) is 31.9. The molecule has 1 amide bonds. The normalized spacial score (nSPS) is 22.3. The number of hydrogen-bond donors (Lipinski definition) is 1. The fourth-order valence-electron chi connectivity index (χ4n) is 6.42. The Kier molecular flexibility index (Phi) is 8.05. The quantitative estimate of drug-likeness (QED) is 0.240. The number of aromatic amines is 1. The number of cyclic esters (lactones) is 1. The minimum atomic E-state index is -0.629. The van der Waals surface area contributed by atoms with Gasteiger partial charge < -0.3 is 19.2 Å². The maximum absolute atomic E-state index is 13.6. The zero-order valence-corrected chi connectivity index (χ0v) is 23.3. The van der Waals surface area contributed by atoms with E-state index in [4.69, 9.17) is 14.2 Å². The summed E-state index contributed by atoms with van der Waals surface area (Å²) >= 11 is 0. The van der Waals surface area contributed by atoms with Crippen molar-refractivity contribution in [1.29, 1.82) is 0 Å². The van der Waals surface area contributed by atoms with Crippen molar-refractivity contribution in [3.05, 3.63) is 107 Å². The monoisotopic (exact) mass is 552 g/mol. The second-order valence-electron chi connectivity index (χ2n) is 11.0. The number of nitrogens with zero attached hydrogens (tertiary/aromatic N) is 1. The summed E-state index contributed by atoms with van der Waals surface area (Å²) in [6, 6.07) is 27.6. The number of nitrogens with one attached hydrogen (secondary N) is 1. The molecule has 7 nitrogen and oxygen atoms in total. The molecule has 1 aromatic heterocycles. The third-order valence-corrected chi connectivity index (χ3v) is 8.48. The van der Waals surface area contributed by atoms with Crippen molar-refractivity contribution in [2.75, 3.05) is 6.54 Å². The van der Waals surface area contributed by atoms with Gasteiger partial charge in [0.1, 0.15) is 6.61 Å². The fourth-order valence-corrected chi connectivity index (χ4v) is 6.42. The molecule has 0 aliphatic carbocycles. The van der Waals surface area contributed by atoms with Crippen molar-refractivity contribution in [2.24, 2.45) is 11.8 Å². The van der Waals surface area contributed by atoms with Crippen LogP contribution in [0.4, 0.5) is 4.79 Å².